The van der Waals surface area contributed by atoms with Gasteiger partial charge in [0.25, 0.3) is 11.5 Å². The fourth-order valence-electron chi connectivity index (χ4n) is 11.4. The molecule has 4 amide bonds. The number of aliphatic hydroxyl groups excluding tert-OH is 1. The molecule has 18 heteroatoms. The second-order valence-electron chi connectivity index (χ2n) is 22.9. The van der Waals surface area contributed by atoms with Crippen LogP contribution >= 0.6 is 11.3 Å². The zero-order valence-electron chi connectivity index (χ0n) is 48.3. The Labute approximate surface area is 475 Å². The van der Waals surface area contributed by atoms with Crippen LogP contribution in [0.4, 0.5) is 11.4 Å². The van der Waals surface area contributed by atoms with Crippen LogP contribution < -0.4 is 31.3 Å². The van der Waals surface area contributed by atoms with Crippen molar-refractivity contribution in [2.24, 2.45) is 5.41 Å². The van der Waals surface area contributed by atoms with Crippen molar-refractivity contribution in [1.29, 1.82) is 0 Å². The number of aromatic amines is 1. The first kappa shape index (κ1) is 59.7. The summed E-state index contributed by atoms with van der Waals surface area (Å²) in [5.74, 6) is -1.41. The number of hydrogen-bond donors (Lipinski definition) is 5. The fraction of sp³-hybridized carbons (Fsp3) is 0.516. The summed E-state index contributed by atoms with van der Waals surface area (Å²) in [5.41, 5.74) is 11.7. The summed E-state index contributed by atoms with van der Waals surface area (Å²) in [5, 5.41) is 19.7. The molecule has 3 saturated heterocycles. The normalized spacial score (nSPS) is 18.0. The van der Waals surface area contributed by atoms with Crippen molar-refractivity contribution in [3.8, 4) is 21.6 Å². The van der Waals surface area contributed by atoms with Gasteiger partial charge in [0.1, 0.15) is 18.7 Å². The van der Waals surface area contributed by atoms with Gasteiger partial charge in [0.2, 0.25) is 17.7 Å². The molecule has 0 aliphatic carbocycles. The van der Waals surface area contributed by atoms with Gasteiger partial charge in [0.15, 0.2) is 0 Å². The molecule has 3 aliphatic rings. The molecule has 3 aliphatic heterocycles. The third-order valence-electron chi connectivity index (χ3n) is 16.1. The van der Waals surface area contributed by atoms with Crippen molar-refractivity contribution in [3.05, 3.63) is 122 Å². The molecule has 3 aromatic carbocycles. The number of thiazole rings is 1. The number of nitrogens with one attached hydrogen (secondary N) is 4. The fourth-order valence-corrected chi connectivity index (χ4v) is 12.2. The lowest BCUT2D eigenvalue weighted by atomic mass is 9.85. The Hall–Kier alpha value is -6.44. The van der Waals surface area contributed by atoms with Crippen molar-refractivity contribution in [3.63, 3.8) is 0 Å². The molecule has 5 N–H and O–H groups in total. The van der Waals surface area contributed by atoms with Gasteiger partial charge >= 0.3 is 0 Å². The molecule has 5 aromatic rings. The number of aliphatic hydroxyl groups is 1. The van der Waals surface area contributed by atoms with E-state index in [0.29, 0.717) is 37.0 Å². The third kappa shape index (κ3) is 14.7. The Morgan fingerprint density at radius 2 is 1.61 bits per heavy atom. The van der Waals surface area contributed by atoms with Crippen molar-refractivity contribution in [2.45, 2.75) is 131 Å². The van der Waals surface area contributed by atoms with Gasteiger partial charge in [-0.25, -0.2) is 4.98 Å². The van der Waals surface area contributed by atoms with Crippen LogP contribution in [0.5, 0.6) is 0 Å². The molecule has 0 spiro atoms. The van der Waals surface area contributed by atoms with Gasteiger partial charge in [-0.1, -0.05) is 57.2 Å². The first-order valence-electron chi connectivity index (χ1n) is 28.5. The number of H-pyrrole nitrogens is 1. The maximum absolute atomic E-state index is 14.2. The summed E-state index contributed by atoms with van der Waals surface area (Å²) in [4.78, 5) is 85.1. The Morgan fingerprint density at radius 3 is 2.26 bits per heavy atom. The highest BCUT2D eigenvalue weighted by atomic mass is 32.1. The quantitative estimate of drug-likeness (QED) is 0.0451. The number of rotatable bonds is 21. The number of hydrogen-bond acceptors (Lipinski definition) is 13. The number of carbonyl (C=O) groups excluding carboxylic acids is 4. The molecule has 5 heterocycles. The molecule has 8 rings (SSSR count). The Bertz CT molecular complexity index is 2990. The number of unbranched alkanes of at least 4 members (excludes halogenated alkanes) is 1. The maximum atomic E-state index is 14.2. The average Bonchev–Trinajstić information content (AvgIpc) is 4.09. The summed E-state index contributed by atoms with van der Waals surface area (Å²) in [7, 11) is 0. The minimum Gasteiger partial charge on any atom is -0.391 e. The van der Waals surface area contributed by atoms with Gasteiger partial charge in [-0.2, -0.15) is 0 Å². The number of aryl methyl sites for hydroxylation is 3. The molecule has 2 aromatic heterocycles. The molecule has 2 unspecified atom stereocenters. The maximum Gasteiger partial charge on any atom is 0.253 e. The molecule has 3 fully saturated rings. The van der Waals surface area contributed by atoms with Gasteiger partial charge in [0, 0.05) is 106 Å². The number of benzene rings is 3. The summed E-state index contributed by atoms with van der Waals surface area (Å²) in [6, 6.07) is 20.8. The predicted molar refractivity (Wildman–Crippen MR) is 316 cm³/mol. The minimum absolute atomic E-state index is 0.00591. The van der Waals surface area contributed by atoms with Gasteiger partial charge in [-0.3, -0.25) is 28.9 Å². The van der Waals surface area contributed by atoms with E-state index < -0.39 is 35.4 Å². The SMILES string of the molecule is CCN(c1cc(-c2ccc(N3CCN(CCCCOCC(=O)NC(C(=O)N4C[C@H](O)C[C@H]4C(=O)NC(C)c4ccc(-c5scnc5C)cc4)C(C)(C)C)CC3)cc2)cc(C(=O)NCc2c(C)cc(C)[nH]c2=O)c1C)C1CCOCC1. The zero-order chi connectivity index (χ0) is 57.3. The van der Waals surface area contributed by atoms with E-state index in [0.717, 1.165) is 126 Å². The first-order valence-corrected chi connectivity index (χ1v) is 29.4. The number of pyridine rings is 1. The number of piperazine rings is 1. The van der Waals surface area contributed by atoms with Crippen LogP contribution in [0.1, 0.15) is 117 Å². The van der Waals surface area contributed by atoms with E-state index in [1.54, 1.807) is 11.3 Å². The summed E-state index contributed by atoms with van der Waals surface area (Å²) in [6.45, 7) is 24.4. The molecule has 4 atom stereocenters. The zero-order valence-corrected chi connectivity index (χ0v) is 49.1. The van der Waals surface area contributed by atoms with Crippen LogP contribution in [0.25, 0.3) is 21.6 Å². The molecule has 0 saturated carbocycles. The molecule has 17 nitrogen and oxygen atoms in total. The van der Waals surface area contributed by atoms with Crippen molar-refractivity contribution in [1.82, 2.24) is 35.7 Å². The number of carbonyl (C=O) groups is 4. The van der Waals surface area contributed by atoms with Crippen LogP contribution in [0.3, 0.4) is 0 Å². The molecular formula is C62H83N9O8S. The van der Waals surface area contributed by atoms with Gasteiger partial charge in [-0.05, 0) is 143 Å². The average molecular weight is 1110 g/mol. The van der Waals surface area contributed by atoms with Crippen LogP contribution in [0.2, 0.25) is 0 Å². The van der Waals surface area contributed by atoms with Crippen LogP contribution in [-0.4, -0.2) is 145 Å². The van der Waals surface area contributed by atoms with Crippen molar-refractivity contribution >= 4 is 46.3 Å². The van der Waals surface area contributed by atoms with Crippen molar-refractivity contribution in [2.75, 3.05) is 82.0 Å². The standard InChI is InChI=1S/C62H83N9O8S/c1-10-70(49-21-29-78-30-22-49)53-33-47(32-51(41(53)4)58(74)63-35-52-39(2)31-40(3)65-59(52)75)45-17-19-48(20-18-45)69-26-24-68(25-27-69)23-11-12-28-79-37-55(73)67-57(62(7,8)9)61(77)71-36-50(72)34-54(71)60(76)66-42(5)44-13-15-46(16-14-44)56-43(6)64-38-80-56/h13-20,31-33,38,42,49-50,54,57,72H,10-12,21-30,34-37H2,1-9H3,(H,63,74)(H,65,75)(H,66,76)(H,67,73)/t42?,50-,54+,57?/m1/s1. The van der Waals surface area contributed by atoms with Crippen LogP contribution in [0.15, 0.2) is 77.0 Å². The van der Waals surface area contributed by atoms with E-state index in [9.17, 15) is 29.1 Å². The molecule has 80 heavy (non-hydrogen) atoms. The molecule has 0 bridgehead atoms. The lowest BCUT2D eigenvalue weighted by molar-refractivity contribution is -0.144. The molecule has 0 radical (unpaired) electrons. The van der Waals surface area contributed by atoms with E-state index in [2.05, 4.69) is 77.9 Å². The predicted octanol–water partition coefficient (Wildman–Crippen LogP) is 7.62. The highest BCUT2D eigenvalue weighted by molar-refractivity contribution is 7.13. The summed E-state index contributed by atoms with van der Waals surface area (Å²) >= 11 is 1.58. The largest absolute Gasteiger partial charge is 0.391 e. The molecule has 430 valence electrons. The first-order chi connectivity index (χ1) is 38.3. The number of anilines is 2. The lowest BCUT2D eigenvalue weighted by Crippen LogP contribution is -2.58. The second kappa shape index (κ2) is 26.9. The van der Waals surface area contributed by atoms with E-state index in [1.165, 1.54) is 4.90 Å². The van der Waals surface area contributed by atoms with Crippen LogP contribution in [0, 0.1) is 33.1 Å². The Balaban J connectivity index is 0.791. The third-order valence-corrected chi connectivity index (χ3v) is 17.0. The lowest BCUT2D eigenvalue weighted by Gasteiger charge is -2.37. The van der Waals surface area contributed by atoms with E-state index in [4.69, 9.17) is 9.47 Å². The number of aromatic nitrogens is 2. The highest BCUT2D eigenvalue weighted by Gasteiger charge is 2.45. The smallest absolute Gasteiger partial charge is 0.253 e. The van der Waals surface area contributed by atoms with E-state index >= 15 is 0 Å². The monoisotopic (exact) mass is 1110 g/mol. The number of β-amino-alcohol motifs (C(OH)–C–C–N with tert-alkyl or cyclic N) is 1. The highest BCUT2D eigenvalue weighted by Crippen LogP contribution is 2.36. The molecular weight excluding hydrogens is 1030 g/mol. The Kier molecular flexibility index (Phi) is 20.1. The van der Waals surface area contributed by atoms with Crippen LogP contribution in [-0.2, 0) is 30.4 Å². The number of ether oxygens (including phenoxy) is 2. The van der Waals surface area contributed by atoms with Gasteiger partial charge in [-0.15, -0.1) is 11.3 Å². The number of amides is 4. The second-order valence-corrected chi connectivity index (χ2v) is 23.8. The topological polar surface area (TPSA) is 202 Å². The number of nitrogens with zero attached hydrogens (tertiary/aromatic N) is 5. The van der Waals surface area contributed by atoms with E-state index in [1.807, 2.05) is 97.3 Å². The van der Waals surface area contributed by atoms with Crippen molar-refractivity contribution < 1.29 is 33.8 Å². The van der Waals surface area contributed by atoms with Gasteiger partial charge < -0.3 is 50.2 Å². The Morgan fingerprint density at radius 1 is 0.912 bits per heavy atom. The van der Waals surface area contributed by atoms with E-state index in [-0.39, 0.29) is 49.5 Å². The number of likely N-dealkylation sites (tertiary alicyclic amines) is 1. The summed E-state index contributed by atoms with van der Waals surface area (Å²) < 4.78 is 11.5. The summed E-state index contributed by atoms with van der Waals surface area (Å²) in [6.07, 6.45) is 2.75. The minimum atomic E-state index is -0.945. The van der Waals surface area contributed by atoms with Gasteiger partial charge in [0.05, 0.1) is 28.2 Å².